The number of rotatable bonds is 3. The number of hydrogen-bond acceptors (Lipinski definition) is 6. The SMILES string of the molecule is COc1ccc(-c2cnn(C)c2)c2c1CC(NC(=O)c1cncs1)=N2. The van der Waals surface area contributed by atoms with Gasteiger partial charge >= 0.3 is 0 Å². The molecule has 1 N–H and O–H groups in total. The topological polar surface area (TPSA) is 81.4 Å². The lowest BCUT2D eigenvalue weighted by Crippen LogP contribution is -2.29. The lowest BCUT2D eigenvalue weighted by Gasteiger charge is -2.09. The summed E-state index contributed by atoms with van der Waals surface area (Å²) < 4.78 is 7.21. The number of carbonyl (C=O) groups is 1. The van der Waals surface area contributed by atoms with E-state index in [0.29, 0.717) is 17.1 Å². The van der Waals surface area contributed by atoms with Crippen LogP contribution in [0.3, 0.4) is 0 Å². The molecule has 7 nitrogen and oxygen atoms in total. The fourth-order valence-corrected chi connectivity index (χ4v) is 3.35. The quantitative estimate of drug-likeness (QED) is 0.785. The summed E-state index contributed by atoms with van der Waals surface area (Å²) in [5, 5.41) is 7.09. The van der Waals surface area contributed by atoms with Crippen molar-refractivity contribution in [2.24, 2.45) is 12.0 Å². The molecule has 0 aliphatic carbocycles. The van der Waals surface area contributed by atoms with Crippen molar-refractivity contribution in [2.75, 3.05) is 7.11 Å². The minimum absolute atomic E-state index is 0.198. The van der Waals surface area contributed by atoms with Gasteiger partial charge in [-0.1, -0.05) is 0 Å². The lowest BCUT2D eigenvalue weighted by molar-refractivity contribution is 0.0980. The van der Waals surface area contributed by atoms with Crippen molar-refractivity contribution in [3.8, 4) is 16.9 Å². The van der Waals surface area contributed by atoms with E-state index in [1.54, 1.807) is 29.7 Å². The summed E-state index contributed by atoms with van der Waals surface area (Å²) in [4.78, 5) is 21.4. The highest BCUT2D eigenvalue weighted by Gasteiger charge is 2.24. The Hall–Kier alpha value is -3.00. The molecule has 0 fully saturated rings. The van der Waals surface area contributed by atoms with E-state index in [0.717, 1.165) is 28.1 Å². The van der Waals surface area contributed by atoms with Gasteiger partial charge in [0.1, 0.15) is 16.5 Å². The van der Waals surface area contributed by atoms with Crippen LogP contribution in [0.5, 0.6) is 5.75 Å². The summed E-state index contributed by atoms with van der Waals surface area (Å²) in [6, 6.07) is 3.89. The predicted octanol–water partition coefficient (Wildman–Crippen LogP) is 2.57. The minimum Gasteiger partial charge on any atom is -0.496 e. The molecule has 8 heteroatoms. The fraction of sp³-hybridized carbons (Fsp3) is 0.176. The summed E-state index contributed by atoms with van der Waals surface area (Å²) in [6.45, 7) is 0. The molecule has 0 bridgehead atoms. The maximum absolute atomic E-state index is 12.3. The van der Waals surface area contributed by atoms with Gasteiger partial charge in [-0.2, -0.15) is 5.10 Å². The first-order chi connectivity index (χ1) is 12.2. The van der Waals surface area contributed by atoms with Gasteiger partial charge in [0.2, 0.25) is 0 Å². The van der Waals surface area contributed by atoms with Crippen LogP contribution < -0.4 is 10.1 Å². The van der Waals surface area contributed by atoms with Gasteiger partial charge in [0.05, 0.1) is 30.7 Å². The molecule has 3 heterocycles. The number of aryl methyl sites for hydroxylation is 1. The molecule has 0 atom stereocenters. The molecule has 1 aliphatic heterocycles. The number of amides is 1. The van der Waals surface area contributed by atoms with Crippen molar-refractivity contribution < 1.29 is 9.53 Å². The van der Waals surface area contributed by atoms with E-state index in [1.807, 2.05) is 25.4 Å². The molecule has 0 radical (unpaired) electrons. The number of hydrogen-bond donors (Lipinski definition) is 1. The molecular formula is C17H15N5O2S. The van der Waals surface area contributed by atoms with Gasteiger partial charge in [-0.15, -0.1) is 11.3 Å². The molecule has 1 aromatic carbocycles. The van der Waals surface area contributed by atoms with Gasteiger partial charge in [-0.3, -0.25) is 14.5 Å². The number of carbonyl (C=O) groups excluding carboxylic acids is 1. The third kappa shape index (κ3) is 2.80. The van der Waals surface area contributed by atoms with Crippen molar-refractivity contribution in [3.63, 3.8) is 0 Å². The van der Waals surface area contributed by atoms with Crippen LogP contribution in [-0.2, 0) is 13.5 Å². The van der Waals surface area contributed by atoms with Crippen molar-refractivity contribution in [1.82, 2.24) is 20.1 Å². The monoisotopic (exact) mass is 353 g/mol. The van der Waals surface area contributed by atoms with Gasteiger partial charge < -0.3 is 10.1 Å². The molecular weight excluding hydrogens is 338 g/mol. The Balaban J connectivity index is 1.70. The largest absolute Gasteiger partial charge is 0.496 e. The normalized spacial score (nSPS) is 12.6. The van der Waals surface area contributed by atoms with Crippen LogP contribution in [0, 0.1) is 0 Å². The minimum atomic E-state index is -0.198. The lowest BCUT2D eigenvalue weighted by atomic mass is 10.0. The first-order valence-corrected chi connectivity index (χ1v) is 8.50. The Morgan fingerprint density at radius 2 is 2.24 bits per heavy atom. The zero-order chi connectivity index (χ0) is 17.4. The number of aromatic nitrogens is 3. The summed E-state index contributed by atoms with van der Waals surface area (Å²) in [6.07, 6.45) is 5.79. The summed E-state index contributed by atoms with van der Waals surface area (Å²) in [5.74, 6) is 1.16. The first kappa shape index (κ1) is 15.5. The van der Waals surface area contributed by atoms with Gasteiger partial charge in [0, 0.05) is 36.4 Å². The Bertz CT molecular complexity index is 975. The number of fused-ring (bicyclic) bond motifs is 1. The fourth-order valence-electron chi connectivity index (χ4n) is 2.84. The van der Waals surface area contributed by atoms with Crippen LogP contribution in [0.1, 0.15) is 15.2 Å². The average molecular weight is 353 g/mol. The molecule has 1 amide bonds. The van der Waals surface area contributed by atoms with Crippen LogP contribution in [0.4, 0.5) is 5.69 Å². The second-order valence-electron chi connectivity index (χ2n) is 5.60. The number of thiazole rings is 1. The second-order valence-corrected chi connectivity index (χ2v) is 6.49. The smallest absolute Gasteiger partial charge is 0.268 e. The first-order valence-electron chi connectivity index (χ1n) is 7.62. The maximum Gasteiger partial charge on any atom is 0.268 e. The maximum atomic E-state index is 12.3. The highest BCUT2D eigenvalue weighted by Crippen LogP contribution is 2.41. The number of methoxy groups -OCH3 is 1. The van der Waals surface area contributed by atoms with E-state index in [9.17, 15) is 4.79 Å². The van der Waals surface area contributed by atoms with E-state index in [2.05, 4.69) is 20.4 Å². The zero-order valence-corrected chi connectivity index (χ0v) is 14.5. The third-order valence-corrected chi connectivity index (χ3v) is 4.75. The molecule has 2 aromatic heterocycles. The molecule has 4 rings (SSSR count). The molecule has 0 spiro atoms. The van der Waals surface area contributed by atoms with Crippen LogP contribution in [-0.4, -0.2) is 33.6 Å². The van der Waals surface area contributed by atoms with Gasteiger partial charge in [-0.05, 0) is 12.1 Å². The van der Waals surface area contributed by atoms with Gasteiger partial charge in [0.15, 0.2) is 0 Å². The second kappa shape index (κ2) is 6.14. The molecule has 126 valence electrons. The number of nitrogens with one attached hydrogen (secondary N) is 1. The highest BCUT2D eigenvalue weighted by atomic mass is 32.1. The Labute approximate surface area is 148 Å². The Kier molecular flexibility index (Phi) is 3.81. The van der Waals surface area contributed by atoms with Crippen LogP contribution >= 0.6 is 11.3 Å². The number of aliphatic imine (C=N–C) groups is 1. The summed E-state index contributed by atoms with van der Waals surface area (Å²) in [7, 11) is 3.50. The predicted molar refractivity (Wildman–Crippen MR) is 95.6 cm³/mol. The molecule has 0 saturated heterocycles. The highest BCUT2D eigenvalue weighted by molar-refractivity contribution is 7.11. The van der Waals surface area contributed by atoms with Crippen molar-refractivity contribution in [3.05, 3.63) is 46.7 Å². The standard InChI is InChI=1S/C17H15N5O2S/c1-22-8-10(6-19-22)11-3-4-13(24-2)12-5-15(20-16(11)12)21-17(23)14-7-18-9-25-14/h3-4,6-9H,5H2,1-2H3,(H,20,21,23). The van der Waals surface area contributed by atoms with E-state index >= 15 is 0 Å². The van der Waals surface area contributed by atoms with Crippen molar-refractivity contribution >= 4 is 28.8 Å². The van der Waals surface area contributed by atoms with E-state index in [-0.39, 0.29) is 5.91 Å². The van der Waals surface area contributed by atoms with Crippen molar-refractivity contribution in [1.29, 1.82) is 0 Å². The summed E-state index contributed by atoms with van der Waals surface area (Å²) in [5.41, 5.74) is 5.34. The Morgan fingerprint density at radius 1 is 1.36 bits per heavy atom. The molecule has 0 unspecified atom stereocenters. The van der Waals surface area contributed by atoms with Crippen LogP contribution in [0.2, 0.25) is 0 Å². The van der Waals surface area contributed by atoms with E-state index in [1.165, 1.54) is 11.3 Å². The molecule has 3 aromatic rings. The van der Waals surface area contributed by atoms with Gasteiger partial charge in [0.25, 0.3) is 5.91 Å². The number of amidine groups is 1. The third-order valence-electron chi connectivity index (χ3n) is 3.98. The van der Waals surface area contributed by atoms with E-state index < -0.39 is 0 Å². The number of ether oxygens (including phenoxy) is 1. The molecule has 1 aliphatic rings. The average Bonchev–Trinajstić information content (AvgIpc) is 3.33. The van der Waals surface area contributed by atoms with Crippen LogP contribution in [0.25, 0.3) is 11.1 Å². The molecule has 0 saturated carbocycles. The van der Waals surface area contributed by atoms with Crippen molar-refractivity contribution in [2.45, 2.75) is 6.42 Å². The zero-order valence-electron chi connectivity index (χ0n) is 13.7. The van der Waals surface area contributed by atoms with E-state index in [4.69, 9.17) is 4.74 Å². The number of nitrogens with zero attached hydrogens (tertiary/aromatic N) is 4. The Morgan fingerprint density at radius 3 is 2.92 bits per heavy atom. The van der Waals surface area contributed by atoms with Gasteiger partial charge in [-0.25, -0.2) is 4.99 Å². The van der Waals surface area contributed by atoms with Crippen LogP contribution in [0.15, 0.2) is 41.2 Å². The summed E-state index contributed by atoms with van der Waals surface area (Å²) >= 11 is 1.29. The molecule has 25 heavy (non-hydrogen) atoms. The number of benzene rings is 1.